The molecule has 9 heteroatoms. The van der Waals surface area contributed by atoms with Gasteiger partial charge in [0.25, 0.3) is 0 Å². The highest BCUT2D eigenvalue weighted by atomic mass is 32.2. The molecule has 266 valence electrons. The van der Waals surface area contributed by atoms with Crippen LogP contribution < -0.4 is 4.74 Å². The first-order chi connectivity index (χ1) is 22.9. The van der Waals surface area contributed by atoms with Gasteiger partial charge in [0.05, 0.1) is 6.10 Å². The van der Waals surface area contributed by atoms with E-state index in [1.165, 1.54) is 28.5 Å². The molecule has 3 aliphatic rings. The molecule has 0 saturated heterocycles. The first kappa shape index (κ1) is 37.2. The van der Waals surface area contributed by atoms with Gasteiger partial charge < -0.3 is 14.7 Å². The third kappa shape index (κ3) is 8.97. The number of aliphatic hydroxyl groups excluding tert-OH is 1. The fourth-order valence-electron chi connectivity index (χ4n) is 8.33. The number of benzene rings is 2. The molecule has 1 N–H and O–H groups in total. The molecule has 0 heterocycles. The molecular weight excluding hydrogens is 641 g/mol. The summed E-state index contributed by atoms with van der Waals surface area (Å²) in [5, 5.41) is 11.0. The molecule has 2 aromatic rings. The molecule has 0 spiro atoms. The lowest BCUT2D eigenvalue weighted by molar-refractivity contribution is -0.284. The minimum Gasteiger partial charge on any atom is -0.489 e. The number of hydrogen-bond acceptors (Lipinski definition) is 4. The van der Waals surface area contributed by atoms with Crippen LogP contribution in [0.1, 0.15) is 93.7 Å². The maximum Gasteiger partial charge on any atom is 0.453 e. The molecule has 0 unspecified atom stereocenters. The van der Waals surface area contributed by atoms with Crippen molar-refractivity contribution >= 4 is 11.8 Å². The van der Waals surface area contributed by atoms with E-state index in [1.807, 2.05) is 18.2 Å². The number of thioether (sulfide) groups is 1. The van der Waals surface area contributed by atoms with Crippen molar-refractivity contribution in [2.24, 2.45) is 17.3 Å². The van der Waals surface area contributed by atoms with Gasteiger partial charge in [0, 0.05) is 11.8 Å². The summed E-state index contributed by atoms with van der Waals surface area (Å²) in [6, 6.07) is 17.0. The molecule has 1 fully saturated rings. The summed E-state index contributed by atoms with van der Waals surface area (Å²) in [4.78, 5) is 2.29. The van der Waals surface area contributed by atoms with Crippen LogP contribution in [-0.2, 0) is 13.0 Å². The molecular formula is C39H52F5NO2S. The van der Waals surface area contributed by atoms with Crippen molar-refractivity contribution in [2.45, 2.75) is 108 Å². The summed E-state index contributed by atoms with van der Waals surface area (Å²) in [6.45, 7) is 4.71. The molecule has 48 heavy (non-hydrogen) atoms. The minimum absolute atomic E-state index is 0.106. The van der Waals surface area contributed by atoms with Crippen LogP contribution in [0.3, 0.4) is 0 Å². The maximum atomic E-state index is 13.0. The van der Waals surface area contributed by atoms with Gasteiger partial charge >= 0.3 is 12.1 Å². The lowest BCUT2D eigenvalue weighted by atomic mass is 9.54. The van der Waals surface area contributed by atoms with Crippen LogP contribution in [0.25, 0.3) is 0 Å². The SMILES string of the molecule is CN(CCCCC[C@@H]1Cc2cc(OCc3ccccc3)ccc2[C@H]2CC[C@@]3(C)C(=CC[C@@H]3O)[C@H]12)CCCSCCCC(F)(F)C(F)(F)F. The summed E-state index contributed by atoms with van der Waals surface area (Å²) < 4.78 is 69.2. The second-order valence-corrected chi connectivity index (χ2v) is 15.7. The Labute approximate surface area is 287 Å². The summed E-state index contributed by atoms with van der Waals surface area (Å²) in [5.41, 5.74) is 5.43. The zero-order valence-electron chi connectivity index (χ0n) is 28.4. The standard InChI is InChI=1S/C39H52F5NO2S/c1-37-20-18-33-32-15-14-31(47-27-28-11-5-3-6-12-28)26-30(32)25-29(36(33)34(37)16-17-35(37)46)13-7-4-8-21-45(2)22-10-24-48-23-9-19-38(40,41)39(42,43)44/h3,5-6,11-12,14-16,26,29,33,35-36,46H,4,7-10,13,17-25,27H2,1-2H3/t29-,33-,35+,36-,37+/m1/s1. The average molecular weight is 694 g/mol. The summed E-state index contributed by atoms with van der Waals surface area (Å²) >= 11 is 1.45. The van der Waals surface area contributed by atoms with Gasteiger partial charge in [-0.15, -0.1) is 0 Å². The van der Waals surface area contributed by atoms with E-state index in [9.17, 15) is 27.1 Å². The Morgan fingerprint density at radius 3 is 2.48 bits per heavy atom. The van der Waals surface area contributed by atoms with Crippen LogP contribution in [0, 0.1) is 17.3 Å². The molecule has 5 atom stereocenters. The van der Waals surface area contributed by atoms with Crippen LogP contribution in [0.4, 0.5) is 22.0 Å². The number of ether oxygens (including phenoxy) is 1. The molecule has 1 saturated carbocycles. The predicted octanol–water partition coefficient (Wildman–Crippen LogP) is 10.2. The molecule has 5 rings (SSSR count). The lowest BCUT2D eigenvalue weighted by Gasteiger charge is -2.50. The molecule has 0 aliphatic heterocycles. The Kier molecular flexibility index (Phi) is 12.6. The van der Waals surface area contributed by atoms with Crippen molar-refractivity contribution in [1.29, 1.82) is 0 Å². The zero-order chi connectivity index (χ0) is 34.4. The molecule has 3 nitrogen and oxygen atoms in total. The smallest absolute Gasteiger partial charge is 0.453 e. The van der Waals surface area contributed by atoms with E-state index in [4.69, 9.17) is 4.74 Å². The maximum absolute atomic E-state index is 13.0. The highest BCUT2D eigenvalue weighted by Gasteiger charge is 2.56. The van der Waals surface area contributed by atoms with Crippen molar-refractivity contribution in [3.8, 4) is 5.75 Å². The van der Waals surface area contributed by atoms with Crippen LogP contribution >= 0.6 is 11.8 Å². The third-order valence-corrected chi connectivity index (χ3v) is 12.3. The van der Waals surface area contributed by atoms with Gasteiger partial charge in [-0.05, 0) is 130 Å². The molecule has 0 radical (unpaired) electrons. The van der Waals surface area contributed by atoms with Gasteiger partial charge in [-0.25, -0.2) is 0 Å². The topological polar surface area (TPSA) is 32.7 Å². The minimum atomic E-state index is -5.46. The van der Waals surface area contributed by atoms with Crippen molar-refractivity contribution in [3.05, 3.63) is 76.9 Å². The second-order valence-electron chi connectivity index (χ2n) is 14.5. The fourth-order valence-corrected chi connectivity index (χ4v) is 9.22. The highest BCUT2D eigenvalue weighted by Crippen LogP contribution is 2.60. The van der Waals surface area contributed by atoms with Crippen molar-refractivity contribution in [2.75, 3.05) is 31.6 Å². The van der Waals surface area contributed by atoms with E-state index in [1.54, 1.807) is 0 Å². The van der Waals surface area contributed by atoms with Gasteiger partial charge in [0.2, 0.25) is 0 Å². The first-order valence-corrected chi connectivity index (χ1v) is 18.9. The molecule has 2 aromatic carbocycles. The van der Waals surface area contributed by atoms with Gasteiger partial charge in [-0.3, -0.25) is 0 Å². The molecule has 0 amide bonds. The summed E-state index contributed by atoms with van der Waals surface area (Å²) in [6.07, 6.45) is 4.73. The van der Waals surface area contributed by atoms with E-state index in [0.717, 1.165) is 87.9 Å². The van der Waals surface area contributed by atoms with E-state index in [-0.39, 0.29) is 17.9 Å². The van der Waals surface area contributed by atoms with Gasteiger partial charge in [-0.1, -0.05) is 67.8 Å². The highest BCUT2D eigenvalue weighted by molar-refractivity contribution is 7.99. The number of aliphatic hydroxyl groups is 1. The molecule has 0 bridgehead atoms. The van der Waals surface area contributed by atoms with Gasteiger partial charge in [0.1, 0.15) is 12.4 Å². The largest absolute Gasteiger partial charge is 0.489 e. The van der Waals surface area contributed by atoms with E-state index < -0.39 is 18.5 Å². The van der Waals surface area contributed by atoms with Gasteiger partial charge in [0.15, 0.2) is 0 Å². The zero-order valence-corrected chi connectivity index (χ0v) is 29.2. The lowest BCUT2D eigenvalue weighted by Crippen LogP contribution is -2.43. The summed E-state index contributed by atoms with van der Waals surface area (Å²) in [5.74, 6) is -1.09. The number of alkyl halides is 5. The Balaban J connectivity index is 1.08. The number of hydrogen-bond donors (Lipinski definition) is 1. The fraction of sp³-hybridized carbons (Fsp3) is 0.641. The third-order valence-electron chi connectivity index (χ3n) is 11.1. The second kappa shape index (κ2) is 16.3. The number of unbranched alkanes of at least 4 members (excludes halogenated alkanes) is 2. The van der Waals surface area contributed by atoms with Crippen molar-refractivity contribution in [3.63, 3.8) is 0 Å². The molecule has 0 aromatic heterocycles. The van der Waals surface area contributed by atoms with Crippen molar-refractivity contribution < 1.29 is 31.8 Å². The number of rotatable bonds is 17. The first-order valence-electron chi connectivity index (χ1n) is 17.8. The molecule has 3 aliphatic carbocycles. The van der Waals surface area contributed by atoms with E-state index in [2.05, 4.69) is 55.3 Å². The van der Waals surface area contributed by atoms with Crippen LogP contribution in [0.15, 0.2) is 60.2 Å². The van der Waals surface area contributed by atoms with Crippen LogP contribution in [-0.4, -0.2) is 59.9 Å². The number of nitrogens with zero attached hydrogens (tertiary/aromatic N) is 1. The van der Waals surface area contributed by atoms with E-state index in [0.29, 0.717) is 30.1 Å². The Morgan fingerprint density at radius 1 is 0.958 bits per heavy atom. The normalized spacial score (nSPS) is 25.4. The number of halogens is 5. The average Bonchev–Trinajstić information content (AvgIpc) is 3.36. The monoisotopic (exact) mass is 693 g/mol. The van der Waals surface area contributed by atoms with Gasteiger partial charge in [-0.2, -0.15) is 33.7 Å². The predicted molar refractivity (Wildman–Crippen MR) is 185 cm³/mol. The van der Waals surface area contributed by atoms with Crippen LogP contribution in [0.2, 0.25) is 0 Å². The number of fused-ring (bicyclic) bond motifs is 5. The van der Waals surface area contributed by atoms with Crippen LogP contribution in [0.5, 0.6) is 5.75 Å². The Morgan fingerprint density at radius 2 is 1.71 bits per heavy atom. The Hall–Kier alpha value is -2.10. The Bertz CT molecular complexity index is 1350. The van der Waals surface area contributed by atoms with Crippen molar-refractivity contribution in [1.82, 2.24) is 4.90 Å². The quantitative estimate of drug-likeness (QED) is 0.102. The van der Waals surface area contributed by atoms with E-state index >= 15 is 0 Å². The summed E-state index contributed by atoms with van der Waals surface area (Å²) in [7, 11) is 2.09.